The molecule has 19 heavy (non-hydrogen) atoms. The smallest absolute Gasteiger partial charge is 0.282 e. The molecular formula is C13H27N3O2S. The Morgan fingerprint density at radius 3 is 2.84 bits per heavy atom. The van der Waals surface area contributed by atoms with Crippen LogP contribution in [0.2, 0.25) is 0 Å². The van der Waals surface area contributed by atoms with E-state index >= 15 is 0 Å². The van der Waals surface area contributed by atoms with Gasteiger partial charge in [0.15, 0.2) is 0 Å². The fraction of sp³-hybridized carbons (Fsp3) is 0.846. The molecule has 1 N–H and O–H groups in total. The molecule has 1 aliphatic heterocycles. The van der Waals surface area contributed by atoms with Gasteiger partial charge in [0.25, 0.3) is 10.2 Å². The number of rotatable bonds is 8. The van der Waals surface area contributed by atoms with Gasteiger partial charge in [0, 0.05) is 32.7 Å². The minimum Gasteiger partial charge on any atom is -0.318 e. The van der Waals surface area contributed by atoms with E-state index in [4.69, 9.17) is 0 Å². The van der Waals surface area contributed by atoms with E-state index in [-0.39, 0.29) is 6.04 Å². The fourth-order valence-electron chi connectivity index (χ4n) is 2.47. The molecule has 0 bridgehead atoms. The topological polar surface area (TPSA) is 52.7 Å². The van der Waals surface area contributed by atoms with Crippen LogP contribution in [-0.4, -0.2) is 56.8 Å². The first kappa shape index (κ1) is 16.6. The number of unbranched alkanes of at least 4 members (excludes halogenated alkanes) is 1. The summed E-state index contributed by atoms with van der Waals surface area (Å²) < 4.78 is 28.3. The second kappa shape index (κ2) is 7.99. The van der Waals surface area contributed by atoms with Crippen molar-refractivity contribution in [2.75, 3.05) is 33.7 Å². The number of allylic oxidation sites excluding steroid dienone is 1. The Balaban J connectivity index is 2.69. The normalized spacial score (nSPS) is 21.7. The van der Waals surface area contributed by atoms with E-state index < -0.39 is 10.2 Å². The average Bonchev–Trinajstić information content (AvgIpc) is 2.39. The first-order chi connectivity index (χ1) is 9.04. The van der Waals surface area contributed by atoms with E-state index in [1.807, 2.05) is 13.1 Å². The molecule has 0 aromatic carbocycles. The molecule has 0 aromatic rings. The maximum Gasteiger partial charge on any atom is 0.282 e. The largest absolute Gasteiger partial charge is 0.318 e. The molecule has 0 aromatic heterocycles. The Labute approximate surface area is 117 Å². The summed E-state index contributed by atoms with van der Waals surface area (Å²) in [6, 6.07) is 0.0885. The highest BCUT2D eigenvalue weighted by molar-refractivity contribution is 7.86. The van der Waals surface area contributed by atoms with Gasteiger partial charge in [-0.05, 0) is 32.7 Å². The van der Waals surface area contributed by atoms with Crippen LogP contribution in [0.25, 0.3) is 0 Å². The third-order valence-corrected chi connectivity index (χ3v) is 5.63. The highest BCUT2D eigenvalue weighted by Crippen LogP contribution is 2.21. The maximum absolute atomic E-state index is 12.6. The molecule has 1 unspecified atom stereocenters. The van der Waals surface area contributed by atoms with Gasteiger partial charge in [-0.15, -0.1) is 6.58 Å². The van der Waals surface area contributed by atoms with Crippen LogP contribution in [-0.2, 0) is 10.2 Å². The lowest BCUT2D eigenvalue weighted by atomic mass is 10.1. The SMILES string of the molecule is C=CCCCN(C)S(=O)(=O)N1CCCCC1CNC. The Kier molecular flexibility index (Phi) is 6.99. The van der Waals surface area contributed by atoms with Crippen molar-refractivity contribution >= 4 is 10.2 Å². The second-order valence-corrected chi connectivity index (χ2v) is 7.07. The molecule has 6 heteroatoms. The number of nitrogens with one attached hydrogen (secondary N) is 1. The van der Waals surface area contributed by atoms with Gasteiger partial charge >= 0.3 is 0 Å². The number of hydrogen-bond acceptors (Lipinski definition) is 3. The fourth-order valence-corrected chi connectivity index (χ4v) is 4.10. The van der Waals surface area contributed by atoms with E-state index in [1.54, 1.807) is 11.4 Å². The molecule has 112 valence electrons. The lowest BCUT2D eigenvalue weighted by molar-refractivity contribution is 0.233. The first-order valence-electron chi connectivity index (χ1n) is 7.02. The quantitative estimate of drug-likeness (QED) is 0.540. The summed E-state index contributed by atoms with van der Waals surface area (Å²) in [7, 11) is 0.217. The molecule has 1 rings (SSSR count). The van der Waals surface area contributed by atoms with Crippen molar-refractivity contribution in [1.82, 2.24) is 13.9 Å². The van der Waals surface area contributed by atoms with E-state index in [0.29, 0.717) is 13.1 Å². The molecule has 1 heterocycles. The maximum atomic E-state index is 12.6. The second-order valence-electron chi connectivity index (χ2n) is 5.08. The van der Waals surface area contributed by atoms with Crippen LogP contribution >= 0.6 is 0 Å². The zero-order chi connectivity index (χ0) is 14.3. The number of hydrogen-bond donors (Lipinski definition) is 1. The number of nitrogens with zero attached hydrogens (tertiary/aromatic N) is 2. The molecule has 0 saturated carbocycles. The highest BCUT2D eigenvalue weighted by atomic mass is 32.2. The molecule has 1 aliphatic rings. The number of piperidine rings is 1. The monoisotopic (exact) mass is 289 g/mol. The lowest BCUT2D eigenvalue weighted by Crippen LogP contribution is -2.52. The minimum atomic E-state index is -3.32. The van der Waals surface area contributed by atoms with E-state index in [2.05, 4.69) is 11.9 Å². The van der Waals surface area contributed by atoms with Crippen molar-refractivity contribution in [1.29, 1.82) is 0 Å². The average molecular weight is 289 g/mol. The van der Waals surface area contributed by atoms with Gasteiger partial charge in [-0.3, -0.25) is 0 Å². The summed E-state index contributed by atoms with van der Waals surface area (Å²) in [5.41, 5.74) is 0. The van der Waals surface area contributed by atoms with Crippen molar-refractivity contribution in [2.24, 2.45) is 0 Å². The third-order valence-electron chi connectivity index (χ3n) is 3.58. The van der Waals surface area contributed by atoms with Gasteiger partial charge < -0.3 is 5.32 Å². The molecule has 1 fully saturated rings. The first-order valence-corrected chi connectivity index (χ1v) is 8.42. The molecule has 0 aliphatic carbocycles. The molecular weight excluding hydrogens is 262 g/mol. The number of likely N-dealkylation sites (N-methyl/N-ethyl adjacent to an activating group) is 1. The Morgan fingerprint density at radius 1 is 1.47 bits per heavy atom. The van der Waals surface area contributed by atoms with E-state index in [0.717, 1.165) is 38.6 Å². The molecule has 1 atom stereocenters. The van der Waals surface area contributed by atoms with E-state index in [1.165, 1.54) is 4.31 Å². The molecule has 5 nitrogen and oxygen atoms in total. The van der Waals surface area contributed by atoms with Crippen LogP contribution in [0, 0.1) is 0 Å². The summed E-state index contributed by atoms with van der Waals surface area (Å²) in [6.45, 7) is 5.57. The summed E-state index contributed by atoms with van der Waals surface area (Å²) in [6.07, 6.45) is 6.51. The highest BCUT2D eigenvalue weighted by Gasteiger charge is 2.34. The van der Waals surface area contributed by atoms with Crippen LogP contribution in [0.3, 0.4) is 0 Å². The summed E-state index contributed by atoms with van der Waals surface area (Å²) >= 11 is 0. The zero-order valence-electron chi connectivity index (χ0n) is 12.1. The minimum absolute atomic E-state index is 0.0885. The summed E-state index contributed by atoms with van der Waals surface area (Å²) in [5.74, 6) is 0. The molecule has 0 amide bonds. The van der Waals surface area contributed by atoms with Crippen LogP contribution in [0.15, 0.2) is 12.7 Å². The van der Waals surface area contributed by atoms with Crippen molar-refractivity contribution < 1.29 is 8.42 Å². The third kappa shape index (κ3) is 4.56. The van der Waals surface area contributed by atoms with Gasteiger partial charge in [0.1, 0.15) is 0 Å². The Bertz CT molecular complexity index is 368. The predicted octanol–water partition coefficient (Wildman–Crippen LogP) is 1.20. The summed E-state index contributed by atoms with van der Waals surface area (Å²) in [4.78, 5) is 0. The van der Waals surface area contributed by atoms with E-state index in [9.17, 15) is 8.42 Å². The van der Waals surface area contributed by atoms with Crippen molar-refractivity contribution in [3.63, 3.8) is 0 Å². The van der Waals surface area contributed by atoms with Gasteiger partial charge in [-0.2, -0.15) is 17.0 Å². The van der Waals surface area contributed by atoms with Crippen LogP contribution < -0.4 is 5.32 Å². The van der Waals surface area contributed by atoms with Crippen LogP contribution in [0.5, 0.6) is 0 Å². The summed E-state index contributed by atoms with van der Waals surface area (Å²) in [5, 5.41) is 3.09. The van der Waals surface area contributed by atoms with Crippen molar-refractivity contribution in [3.05, 3.63) is 12.7 Å². The van der Waals surface area contributed by atoms with Crippen LogP contribution in [0.1, 0.15) is 32.1 Å². The lowest BCUT2D eigenvalue weighted by Gasteiger charge is -2.37. The Morgan fingerprint density at radius 2 is 2.21 bits per heavy atom. The Hall–Kier alpha value is -0.430. The van der Waals surface area contributed by atoms with Gasteiger partial charge in [-0.25, -0.2) is 0 Å². The van der Waals surface area contributed by atoms with Crippen molar-refractivity contribution in [3.8, 4) is 0 Å². The van der Waals surface area contributed by atoms with Gasteiger partial charge in [0.05, 0.1) is 0 Å². The predicted molar refractivity (Wildman–Crippen MR) is 79.3 cm³/mol. The molecule has 0 radical (unpaired) electrons. The van der Waals surface area contributed by atoms with Crippen molar-refractivity contribution in [2.45, 2.75) is 38.1 Å². The standard InChI is InChI=1S/C13H27N3O2S/c1-4-5-7-10-15(3)19(17,18)16-11-8-6-9-13(16)12-14-2/h4,13-14H,1,5-12H2,2-3H3. The van der Waals surface area contributed by atoms with Gasteiger partial charge in [-0.1, -0.05) is 12.5 Å². The molecule has 1 saturated heterocycles. The van der Waals surface area contributed by atoms with Crippen LogP contribution in [0.4, 0.5) is 0 Å². The zero-order valence-corrected chi connectivity index (χ0v) is 13.0. The van der Waals surface area contributed by atoms with Gasteiger partial charge in [0.2, 0.25) is 0 Å². The molecule has 0 spiro atoms.